The molecule has 0 spiro atoms. The Morgan fingerprint density at radius 3 is 1.76 bits per heavy atom. The lowest BCUT2D eigenvalue weighted by molar-refractivity contribution is 0.511. The summed E-state index contributed by atoms with van der Waals surface area (Å²) in [5.41, 5.74) is 11.5. The second-order valence-electron chi connectivity index (χ2n) is 17.6. The predicted molar refractivity (Wildman–Crippen MR) is 250 cm³/mol. The van der Waals surface area contributed by atoms with E-state index in [2.05, 4.69) is 195 Å². The Hall–Kier alpha value is -6.96. The molecule has 272 valence electrons. The highest BCUT2D eigenvalue weighted by atomic mass is 15.0. The maximum Gasteiger partial charge on any atom is 0.0619 e. The lowest BCUT2D eigenvalue weighted by Gasteiger charge is -2.27. The van der Waals surface area contributed by atoms with Gasteiger partial charge in [0.1, 0.15) is 0 Å². The van der Waals surface area contributed by atoms with Gasteiger partial charge in [-0.1, -0.05) is 141 Å². The van der Waals surface area contributed by atoms with Crippen molar-refractivity contribution in [3.63, 3.8) is 0 Å². The second kappa shape index (κ2) is 11.3. The first-order valence-electron chi connectivity index (χ1n) is 20.6. The van der Waals surface area contributed by atoms with Crippen LogP contribution in [0.4, 0.5) is 0 Å². The minimum absolute atomic E-state index is 0.166. The van der Waals surface area contributed by atoms with E-state index < -0.39 is 0 Å². The highest BCUT2D eigenvalue weighted by Gasteiger charge is 2.24. The van der Waals surface area contributed by atoms with Crippen molar-refractivity contribution in [3.8, 4) is 27.9 Å². The number of benzene rings is 11. The molecule has 1 heteroatoms. The zero-order valence-corrected chi connectivity index (χ0v) is 32.8. The quantitative estimate of drug-likeness (QED) is 0.159. The van der Waals surface area contributed by atoms with Gasteiger partial charge in [0.05, 0.1) is 11.0 Å². The van der Waals surface area contributed by atoms with Crippen molar-refractivity contribution in [3.05, 3.63) is 180 Å². The number of aromatic nitrogens is 1. The minimum atomic E-state index is 0.166. The molecule has 1 nitrogen and oxygen atoms in total. The van der Waals surface area contributed by atoms with Gasteiger partial charge in [-0.15, -0.1) is 0 Å². The first-order valence-corrected chi connectivity index (χ1v) is 20.6. The first-order chi connectivity index (χ1) is 28.3. The van der Waals surface area contributed by atoms with Crippen LogP contribution in [0, 0.1) is 12.3 Å². The number of hydrogen-bond donors (Lipinski definition) is 0. The summed E-state index contributed by atoms with van der Waals surface area (Å²) in [5, 5.41) is 19.8. The van der Waals surface area contributed by atoms with E-state index in [4.69, 9.17) is 0 Å². The fourth-order valence-corrected chi connectivity index (χ4v) is 11.0. The summed E-state index contributed by atoms with van der Waals surface area (Å²) in [4.78, 5) is 0. The topological polar surface area (TPSA) is 4.93 Å². The molecule has 0 saturated carbocycles. The molecule has 1 aromatic heterocycles. The average Bonchev–Trinajstić information content (AvgIpc) is 3.58. The average molecular weight is 738 g/mol. The summed E-state index contributed by atoms with van der Waals surface area (Å²) in [5.74, 6) is 0. The lowest BCUT2D eigenvalue weighted by Crippen LogP contribution is -2.22. The van der Waals surface area contributed by atoms with Crippen molar-refractivity contribution in [2.75, 3.05) is 0 Å². The van der Waals surface area contributed by atoms with Crippen LogP contribution in [0.2, 0.25) is 0 Å². The van der Waals surface area contributed by atoms with Crippen LogP contribution >= 0.6 is 0 Å². The Kier molecular flexibility index (Phi) is 6.28. The van der Waals surface area contributed by atoms with E-state index in [1.807, 2.05) is 0 Å². The molecule has 11 aromatic carbocycles. The molecule has 0 aliphatic heterocycles. The third kappa shape index (κ3) is 4.47. The standard InChI is InChI=1S/C57H39N/c1-33-24-35-12-14-37-26-43(27-38-15-13-36(25-33)52(35)53(37)38)34-20-21-48-50-23-22-47-46(10-7-11-49(47)56(50)58(51(48)30-34)45-8-5-4-6-9-45)44-28-39-16-18-41-31-57(2,3)32-42-19-17-40(29-44)54(39)55(41)42/h4-31H,32H2,1-3H3. The molecule has 0 amide bonds. The number of nitrogens with zero attached hydrogens (tertiary/aromatic N) is 1. The highest BCUT2D eigenvalue weighted by Crippen LogP contribution is 2.44. The van der Waals surface area contributed by atoms with Crippen LogP contribution < -0.4 is 5.22 Å². The van der Waals surface area contributed by atoms with E-state index in [9.17, 15) is 0 Å². The van der Waals surface area contributed by atoms with E-state index in [1.54, 1.807) is 0 Å². The Morgan fingerprint density at radius 1 is 0.448 bits per heavy atom. The van der Waals surface area contributed by atoms with Crippen LogP contribution in [0.5, 0.6) is 0 Å². The van der Waals surface area contributed by atoms with Crippen LogP contribution in [0.1, 0.15) is 25.0 Å². The number of fused-ring (bicyclic) bond motifs is 5. The van der Waals surface area contributed by atoms with E-state index in [0.29, 0.717) is 0 Å². The maximum absolute atomic E-state index is 2.50. The van der Waals surface area contributed by atoms with Crippen LogP contribution in [0.25, 0.3) is 120 Å². The van der Waals surface area contributed by atoms with Crippen molar-refractivity contribution in [1.82, 2.24) is 4.57 Å². The molecule has 1 heterocycles. The summed E-state index contributed by atoms with van der Waals surface area (Å²) >= 11 is 0. The van der Waals surface area contributed by atoms with Crippen molar-refractivity contribution >= 4 is 92.5 Å². The highest BCUT2D eigenvalue weighted by molar-refractivity contribution is 6.25. The van der Waals surface area contributed by atoms with Crippen molar-refractivity contribution in [2.45, 2.75) is 27.2 Å². The smallest absolute Gasteiger partial charge is 0.0619 e. The summed E-state index contributed by atoms with van der Waals surface area (Å²) in [6.45, 7) is 6.89. The third-order valence-electron chi connectivity index (χ3n) is 13.3. The zero-order valence-electron chi connectivity index (χ0n) is 32.8. The molecule has 0 unspecified atom stereocenters. The van der Waals surface area contributed by atoms with Gasteiger partial charge in [0.15, 0.2) is 0 Å². The summed E-state index contributed by atoms with van der Waals surface area (Å²) in [6.07, 6.45) is 3.55. The molecule has 0 N–H and O–H groups in total. The van der Waals surface area contributed by atoms with Crippen molar-refractivity contribution < 1.29 is 0 Å². The largest absolute Gasteiger partial charge is 0.309 e. The van der Waals surface area contributed by atoms with Gasteiger partial charge < -0.3 is 4.57 Å². The predicted octanol–water partition coefficient (Wildman–Crippen LogP) is 14.9. The van der Waals surface area contributed by atoms with Crippen LogP contribution in [0.15, 0.2) is 164 Å². The first kappa shape index (κ1) is 32.2. The summed E-state index contributed by atoms with van der Waals surface area (Å²) in [6, 6.07) is 62.4. The van der Waals surface area contributed by atoms with Crippen molar-refractivity contribution in [2.24, 2.45) is 5.41 Å². The lowest BCUT2D eigenvalue weighted by atomic mass is 9.77. The van der Waals surface area contributed by atoms with Gasteiger partial charge in [-0.2, -0.15) is 0 Å². The molecule has 0 bridgehead atoms. The van der Waals surface area contributed by atoms with E-state index in [-0.39, 0.29) is 5.41 Å². The number of para-hydroxylation sites is 1. The van der Waals surface area contributed by atoms with Gasteiger partial charge in [0.2, 0.25) is 0 Å². The number of hydrogen-bond acceptors (Lipinski definition) is 0. The number of aryl methyl sites for hydroxylation is 1. The van der Waals surface area contributed by atoms with E-state index in [0.717, 1.165) is 6.42 Å². The SMILES string of the molecule is Cc1cc2ccc3cc(-c4ccc5c6ccc7c(-c8cc9ccc%10c%11c(ccc(c8)c9%11)=CC(C)(C)C%10)cccc7c6n(-c6ccccc6)c5c4)cc4ccc(c1)c2c34. The normalized spacial score (nSPS) is 14.0. The van der Waals surface area contributed by atoms with E-state index >= 15 is 0 Å². The maximum atomic E-state index is 2.50. The Morgan fingerprint density at radius 2 is 1.03 bits per heavy atom. The van der Waals surface area contributed by atoms with Crippen LogP contribution in [0.3, 0.4) is 0 Å². The molecule has 0 saturated heterocycles. The second-order valence-corrected chi connectivity index (χ2v) is 17.6. The number of rotatable bonds is 3. The fraction of sp³-hybridized carbons (Fsp3) is 0.0877. The van der Waals surface area contributed by atoms with Crippen LogP contribution in [-0.4, -0.2) is 4.57 Å². The monoisotopic (exact) mass is 737 g/mol. The van der Waals surface area contributed by atoms with Crippen molar-refractivity contribution in [1.29, 1.82) is 0 Å². The van der Waals surface area contributed by atoms with Gasteiger partial charge in [-0.3, -0.25) is 0 Å². The molecule has 1 aliphatic rings. The van der Waals surface area contributed by atoms with E-state index in [1.165, 1.54) is 131 Å². The Balaban J connectivity index is 1.04. The molecule has 0 atom stereocenters. The molecule has 58 heavy (non-hydrogen) atoms. The minimum Gasteiger partial charge on any atom is -0.309 e. The van der Waals surface area contributed by atoms with Gasteiger partial charge in [0, 0.05) is 21.8 Å². The van der Waals surface area contributed by atoms with Gasteiger partial charge >= 0.3 is 0 Å². The Bertz CT molecular complexity index is 3700. The molecule has 1 aliphatic carbocycles. The summed E-state index contributed by atoms with van der Waals surface area (Å²) in [7, 11) is 0. The third-order valence-corrected chi connectivity index (χ3v) is 13.3. The molecule has 12 aromatic rings. The fourth-order valence-electron chi connectivity index (χ4n) is 11.0. The van der Waals surface area contributed by atoms with Crippen LogP contribution in [-0.2, 0) is 6.42 Å². The van der Waals surface area contributed by atoms with Gasteiger partial charge in [-0.25, -0.2) is 0 Å². The summed E-state index contributed by atoms with van der Waals surface area (Å²) < 4.78 is 2.50. The molecular weight excluding hydrogens is 699 g/mol. The van der Waals surface area contributed by atoms with Gasteiger partial charge in [-0.05, 0) is 159 Å². The molecule has 0 radical (unpaired) electrons. The zero-order chi connectivity index (χ0) is 38.4. The molecular formula is C57H39N. The van der Waals surface area contributed by atoms with Gasteiger partial charge in [0.25, 0.3) is 0 Å². The molecule has 0 fully saturated rings. The molecule has 13 rings (SSSR count). The Labute approximate surface area is 336 Å².